The molecule has 0 amide bonds. The second-order valence-electron chi connectivity index (χ2n) is 4.01. The van der Waals surface area contributed by atoms with Gasteiger partial charge >= 0.3 is 0 Å². The minimum atomic E-state index is 0.237. The summed E-state index contributed by atoms with van der Waals surface area (Å²) in [7, 11) is 3.16. The van der Waals surface area contributed by atoms with Crippen molar-refractivity contribution in [2.45, 2.75) is 13.0 Å². The zero-order valence-electron chi connectivity index (χ0n) is 11.0. The number of nitrogens with zero attached hydrogens (tertiary/aromatic N) is 3. The Labute approximate surface area is 111 Å². The van der Waals surface area contributed by atoms with Crippen molar-refractivity contribution < 1.29 is 9.47 Å². The predicted molar refractivity (Wildman–Crippen MR) is 71.2 cm³/mol. The molecule has 0 atom stereocenters. The number of methoxy groups -OCH3 is 2. The van der Waals surface area contributed by atoms with E-state index >= 15 is 0 Å². The van der Waals surface area contributed by atoms with Crippen LogP contribution in [0.25, 0.3) is 11.0 Å². The van der Waals surface area contributed by atoms with Crippen molar-refractivity contribution in [1.29, 1.82) is 5.26 Å². The quantitative estimate of drug-likeness (QED) is 0.869. The highest BCUT2D eigenvalue weighted by atomic mass is 16.5. The van der Waals surface area contributed by atoms with E-state index in [0.717, 1.165) is 16.9 Å². The first-order chi connectivity index (χ1) is 9.24. The summed E-state index contributed by atoms with van der Waals surface area (Å²) in [4.78, 5) is 4.50. The number of imidazole rings is 1. The van der Waals surface area contributed by atoms with Gasteiger partial charge in [-0.1, -0.05) is 0 Å². The van der Waals surface area contributed by atoms with Gasteiger partial charge in [0.15, 0.2) is 11.5 Å². The minimum Gasteiger partial charge on any atom is -0.493 e. The van der Waals surface area contributed by atoms with Gasteiger partial charge in [-0.3, -0.25) is 0 Å². The standard InChI is InChI=1S/C13H16N4O2/c1-18-11-7-9-10(8-12(11)19-2)17(6-5-15)13(16-9)3-4-14/h7-8H,3-4,6,14H2,1-2H3. The van der Waals surface area contributed by atoms with Crippen molar-refractivity contribution in [3.05, 3.63) is 18.0 Å². The molecular weight excluding hydrogens is 244 g/mol. The normalized spacial score (nSPS) is 10.4. The minimum absolute atomic E-state index is 0.237. The van der Waals surface area contributed by atoms with Crippen LogP contribution in [-0.4, -0.2) is 30.3 Å². The number of nitriles is 1. The molecule has 0 saturated carbocycles. The molecule has 2 N–H and O–H groups in total. The number of nitrogens with two attached hydrogens (primary N) is 1. The summed E-state index contributed by atoms with van der Waals surface area (Å²) in [5.41, 5.74) is 7.20. The lowest BCUT2D eigenvalue weighted by Crippen LogP contribution is -2.09. The van der Waals surface area contributed by atoms with Crippen molar-refractivity contribution >= 4 is 11.0 Å². The zero-order chi connectivity index (χ0) is 13.8. The first-order valence-electron chi connectivity index (χ1n) is 5.93. The smallest absolute Gasteiger partial charge is 0.163 e. The van der Waals surface area contributed by atoms with E-state index in [-0.39, 0.29) is 6.54 Å². The van der Waals surface area contributed by atoms with E-state index in [1.54, 1.807) is 14.2 Å². The maximum atomic E-state index is 8.93. The number of fused-ring (bicyclic) bond motifs is 1. The van der Waals surface area contributed by atoms with Gasteiger partial charge in [0.2, 0.25) is 0 Å². The summed E-state index contributed by atoms with van der Waals surface area (Å²) in [6, 6.07) is 5.78. The second kappa shape index (κ2) is 5.59. The van der Waals surface area contributed by atoms with Crippen molar-refractivity contribution in [3.8, 4) is 17.6 Å². The average Bonchev–Trinajstić information content (AvgIpc) is 2.75. The van der Waals surface area contributed by atoms with Crippen molar-refractivity contribution in [2.75, 3.05) is 20.8 Å². The molecule has 0 radical (unpaired) electrons. The van der Waals surface area contributed by atoms with Gasteiger partial charge in [0.25, 0.3) is 0 Å². The monoisotopic (exact) mass is 260 g/mol. The van der Waals surface area contributed by atoms with E-state index < -0.39 is 0 Å². The third-order valence-electron chi connectivity index (χ3n) is 2.93. The van der Waals surface area contributed by atoms with Gasteiger partial charge in [-0.05, 0) is 6.54 Å². The molecule has 0 aliphatic carbocycles. The molecule has 0 aliphatic heterocycles. The Morgan fingerprint density at radius 3 is 2.58 bits per heavy atom. The fourth-order valence-electron chi connectivity index (χ4n) is 2.07. The number of benzene rings is 1. The van der Waals surface area contributed by atoms with Crippen LogP contribution in [0.1, 0.15) is 5.82 Å². The highest BCUT2D eigenvalue weighted by Gasteiger charge is 2.14. The fourth-order valence-corrected chi connectivity index (χ4v) is 2.07. The average molecular weight is 260 g/mol. The molecule has 1 aromatic heterocycles. The Bertz CT molecular complexity index is 628. The number of hydrogen-bond acceptors (Lipinski definition) is 5. The first kappa shape index (κ1) is 13.2. The molecule has 0 saturated heterocycles. The van der Waals surface area contributed by atoms with Crippen LogP contribution >= 0.6 is 0 Å². The van der Waals surface area contributed by atoms with Crippen LogP contribution in [0.4, 0.5) is 0 Å². The van der Waals surface area contributed by atoms with Gasteiger partial charge in [-0.15, -0.1) is 0 Å². The molecule has 0 spiro atoms. The van der Waals surface area contributed by atoms with Crippen molar-refractivity contribution in [1.82, 2.24) is 9.55 Å². The van der Waals surface area contributed by atoms with Gasteiger partial charge in [0.1, 0.15) is 12.4 Å². The molecule has 100 valence electrons. The molecule has 0 aliphatic rings. The molecule has 6 heteroatoms. The highest BCUT2D eigenvalue weighted by molar-refractivity contribution is 5.80. The maximum absolute atomic E-state index is 8.93. The number of rotatable bonds is 5. The fraction of sp³-hybridized carbons (Fsp3) is 0.385. The molecule has 1 heterocycles. The van der Waals surface area contributed by atoms with Crippen LogP contribution in [0.15, 0.2) is 12.1 Å². The van der Waals surface area contributed by atoms with Crippen LogP contribution in [0.2, 0.25) is 0 Å². The Morgan fingerprint density at radius 2 is 2.00 bits per heavy atom. The molecular formula is C13H16N4O2. The second-order valence-corrected chi connectivity index (χ2v) is 4.01. The van der Waals surface area contributed by atoms with Gasteiger partial charge in [0.05, 0.1) is 31.3 Å². The zero-order valence-corrected chi connectivity index (χ0v) is 11.0. The topological polar surface area (TPSA) is 86.1 Å². The Hall–Kier alpha value is -2.26. The first-order valence-corrected chi connectivity index (χ1v) is 5.93. The van der Waals surface area contributed by atoms with Crippen LogP contribution in [0.3, 0.4) is 0 Å². The molecule has 6 nitrogen and oxygen atoms in total. The third kappa shape index (κ3) is 2.33. The summed E-state index contributed by atoms with van der Waals surface area (Å²) < 4.78 is 12.4. The molecule has 19 heavy (non-hydrogen) atoms. The molecule has 2 aromatic rings. The van der Waals surface area contributed by atoms with Gasteiger partial charge < -0.3 is 19.8 Å². The van der Waals surface area contributed by atoms with E-state index in [1.807, 2.05) is 16.7 Å². The van der Waals surface area contributed by atoms with Crippen LogP contribution in [0, 0.1) is 11.3 Å². The van der Waals surface area contributed by atoms with E-state index in [1.165, 1.54) is 0 Å². The molecule has 0 fully saturated rings. The lowest BCUT2D eigenvalue weighted by molar-refractivity contribution is 0.355. The van der Waals surface area contributed by atoms with Crippen molar-refractivity contribution in [3.63, 3.8) is 0 Å². The van der Waals surface area contributed by atoms with Gasteiger partial charge in [-0.2, -0.15) is 5.26 Å². The maximum Gasteiger partial charge on any atom is 0.163 e. The molecule has 0 bridgehead atoms. The van der Waals surface area contributed by atoms with E-state index in [0.29, 0.717) is 24.5 Å². The summed E-state index contributed by atoms with van der Waals surface area (Å²) >= 11 is 0. The van der Waals surface area contributed by atoms with Gasteiger partial charge in [0, 0.05) is 18.6 Å². The summed E-state index contributed by atoms with van der Waals surface area (Å²) in [5.74, 6) is 2.04. The lowest BCUT2D eigenvalue weighted by Gasteiger charge is -2.08. The third-order valence-corrected chi connectivity index (χ3v) is 2.93. The highest BCUT2D eigenvalue weighted by Crippen LogP contribution is 2.32. The Kier molecular flexibility index (Phi) is 3.88. The predicted octanol–water partition coefficient (Wildman–Crippen LogP) is 1.08. The SMILES string of the molecule is COc1cc2nc(CCN)n(CC#N)c2cc1OC. The number of aromatic nitrogens is 2. The van der Waals surface area contributed by atoms with Crippen LogP contribution in [-0.2, 0) is 13.0 Å². The molecule has 2 rings (SSSR count). The van der Waals surface area contributed by atoms with E-state index in [4.69, 9.17) is 20.5 Å². The van der Waals surface area contributed by atoms with Crippen molar-refractivity contribution in [2.24, 2.45) is 5.73 Å². The van der Waals surface area contributed by atoms with E-state index in [9.17, 15) is 0 Å². The van der Waals surface area contributed by atoms with Gasteiger partial charge in [-0.25, -0.2) is 4.98 Å². The largest absolute Gasteiger partial charge is 0.493 e. The molecule has 1 aromatic carbocycles. The number of hydrogen-bond donors (Lipinski definition) is 1. The summed E-state index contributed by atoms with van der Waals surface area (Å²) in [5, 5.41) is 8.93. The van der Waals surface area contributed by atoms with Crippen LogP contribution in [0.5, 0.6) is 11.5 Å². The Morgan fingerprint density at radius 1 is 1.32 bits per heavy atom. The molecule has 0 unspecified atom stereocenters. The summed E-state index contributed by atoms with van der Waals surface area (Å²) in [6.45, 7) is 0.727. The lowest BCUT2D eigenvalue weighted by atomic mass is 10.2. The van der Waals surface area contributed by atoms with Crippen LogP contribution < -0.4 is 15.2 Å². The number of ether oxygens (including phenoxy) is 2. The Balaban J connectivity index is 2.66. The summed E-state index contributed by atoms with van der Waals surface area (Å²) in [6.07, 6.45) is 0.626. The van der Waals surface area contributed by atoms with E-state index in [2.05, 4.69) is 11.1 Å².